The number of carbonyl (C=O) groups excluding carboxylic acids is 1. The molecule has 2 heterocycles. The minimum absolute atomic E-state index is 0.215. The Bertz CT molecular complexity index is 1490. The number of carbonyl (C=O) groups is 1. The fourth-order valence-electron chi connectivity index (χ4n) is 4.82. The third kappa shape index (κ3) is 3.75. The molecule has 2 aromatic heterocycles. The molecule has 180 valence electrons. The summed E-state index contributed by atoms with van der Waals surface area (Å²) in [5.41, 5.74) is 5.44. The molecule has 1 aliphatic rings. The highest BCUT2D eigenvalue weighted by atomic mass is 16.5. The number of anilines is 1. The fourth-order valence-corrected chi connectivity index (χ4v) is 4.82. The first kappa shape index (κ1) is 22.7. The summed E-state index contributed by atoms with van der Waals surface area (Å²) in [6, 6.07) is 13.6. The van der Waals surface area contributed by atoms with Crippen LogP contribution >= 0.6 is 0 Å². The van der Waals surface area contributed by atoms with E-state index in [9.17, 15) is 9.59 Å². The lowest BCUT2D eigenvalue weighted by Gasteiger charge is -2.11. The predicted molar refractivity (Wildman–Crippen MR) is 134 cm³/mol. The van der Waals surface area contributed by atoms with Gasteiger partial charge in [-0.05, 0) is 68.0 Å². The number of hydrogen-bond acceptors (Lipinski definition) is 5. The number of para-hydroxylation sites is 1. The van der Waals surface area contributed by atoms with Crippen molar-refractivity contribution < 1.29 is 14.1 Å². The predicted octanol–water partition coefficient (Wildman–Crippen LogP) is 4.45. The van der Waals surface area contributed by atoms with Gasteiger partial charge in [0, 0.05) is 18.2 Å². The number of benzene rings is 2. The molecule has 8 heteroatoms. The monoisotopic (exact) mass is 472 g/mol. The van der Waals surface area contributed by atoms with Crippen molar-refractivity contribution in [3.63, 3.8) is 0 Å². The molecule has 0 saturated heterocycles. The van der Waals surface area contributed by atoms with E-state index in [1.807, 2.05) is 63.4 Å². The van der Waals surface area contributed by atoms with E-state index in [0.29, 0.717) is 17.9 Å². The number of aryl methyl sites for hydroxylation is 2. The maximum Gasteiger partial charge on any atom is 0.295 e. The van der Waals surface area contributed by atoms with E-state index >= 15 is 0 Å². The van der Waals surface area contributed by atoms with Crippen LogP contribution in [0.1, 0.15) is 46.2 Å². The highest BCUT2D eigenvalue weighted by Crippen LogP contribution is 2.36. The van der Waals surface area contributed by atoms with Crippen LogP contribution in [0.2, 0.25) is 0 Å². The summed E-state index contributed by atoms with van der Waals surface area (Å²) in [6.45, 7) is 3.86. The molecule has 0 aliphatic heterocycles. The maximum atomic E-state index is 13.4. The Balaban J connectivity index is 1.52. The molecule has 0 radical (unpaired) electrons. The number of nitrogens with zero attached hydrogens (tertiary/aromatic N) is 3. The SMILES string of the molecule is CCc1ccccc1-n1c(=O)c(NC(=O)c2noc3c2CCCc2cc(OC)ccc2-3)c(C)n1C. The number of aromatic nitrogens is 3. The number of methoxy groups -OCH3 is 1. The Kier molecular flexibility index (Phi) is 5.80. The largest absolute Gasteiger partial charge is 0.497 e. The third-order valence-corrected chi connectivity index (χ3v) is 6.83. The van der Waals surface area contributed by atoms with Crippen molar-refractivity contribution >= 4 is 11.6 Å². The number of amides is 1. The number of fused-ring (bicyclic) bond motifs is 3. The van der Waals surface area contributed by atoms with Gasteiger partial charge in [0.1, 0.15) is 11.4 Å². The van der Waals surface area contributed by atoms with Gasteiger partial charge in [-0.25, -0.2) is 4.68 Å². The van der Waals surface area contributed by atoms with Crippen LogP contribution in [-0.2, 0) is 26.3 Å². The molecule has 0 atom stereocenters. The second-order valence-corrected chi connectivity index (χ2v) is 8.75. The van der Waals surface area contributed by atoms with Crippen LogP contribution in [0.5, 0.6) is 5.75 Å². The van der Waals surface area contributed by atoms with Gasteiger partial charge < -0.3 is 14.6 Å². The molecule has 0 bridgehead atoms. The number of hydrogen-bond donors (Lipinski definition) is 1. The summed E-state index contributed by atoms with van der Waals surface area (Å²) < 4.78 is 14.4. The summed E-state index contributed by atoms with van der Waals surface area (Å²) in [6.07, 6.45) is 3.13. The Morgan fingerprint density at radius 2 is 2.00 bits per heavy atom. The van der Waals surface area contributed by atoms with E-state index in [4.69, 9.17) is 9.26 Å². The molecule has 0 fully saturated rings. The summed E-state index contributed by atoms with van der Waals surface area (Å²) in [4.78, 5) is 26.8. The molecule has 1 amide bonds. The Morgan fingerprint density at radius 1 is 1.20 bits per heavy atom. The van der Waals surface area contributed by atoms with Crippen LogP contribution in [0.4, 0.5) is 5.69 Å². The summed E-state index contributed by atoms with van der Waals surface area (Å²) in [5, 5.41) is 6.94. The lowest BCUT2D eigenvalue weighted by Crippen LogP contribution is -2.24. The molecule has 0 saturated carbocycles. The Labute approximate surface area is 203 Å². The van der Waals surface area contributed by atoms with Crippen LogP contribution in [-0.4, -0.2) is 27.5 Å². The zero-order valence-corrected chi connectivity index (χ0v) is 20.3. The van der Waals surface area contributed by atoms with Crippen molar-refractivity contribution in [2.24, 2.45) is 7.05 Å². The number of ether oxygens (including phenoxy) is 1. The quantitative estimate of drug-likeness (QED) is 0.463. The smallest absolute Gasteiger partial charge is 0.295 e. The van der Waals surface area contributed by atoms with Gasteiger partial charge in [-0.15, -0.1) is 0 Å². The molecule has 0 spiro atoms. The van der Waals surface area contributed by atoms with Gasteiger partial charge in [-0.1, -0.05) is 30.3 Å². The second kappa shape index (κ2) is 8.94. The first-order valence-corrected chi connectivity index (χ1v) is 11.8. The maximum absolute atomic E-state index is 13.4. The van der Waals surface area contributed by atoms with Gasteiger partial charge in [-0.2, -0.15) is 0 Å². The zero-order valence-electron chi connectivity index (χ0n) is 20.3. The molecule has 5 rings (SSSR count). The second-order valence-electron chi connectivity index (χ2n) is 8.75. The van der Waals surface area contributed by atoms with Crippen molar-refractivity contribution in [1.82, 2.24) is 14.5 Å². The first-order chi connectivity index (χ1) is 16.9. The van der Waals surface area contributed by atoms with Gasteiger partial charge in [0.05, 0.1) is 18.5 Å². The summed E-state index contributed by atoms with van der Waals surface area (Å²) >= 11 is 0. The summed E-state index contributed by atoms with van der Waals surface area (Å²) in [5.74, 6) is 0.934. The Morgan fingerprint density at radius 3 is 2.77 bits per heavy atom. The van der Waals surface area contributed by atoms with Crippen LogP contribution in [0.3, 0.4) is 0 Å². The standard InChI is InChI=1S/C27H28N4O4/c1-5-17-9-6-7-12-22(17)31-27(33)23(16(2)30(31)3)28-26(32)24-21-11-8-10-18-15-19(34-4)13-14-20(18)25(21)35-29-24/h6-7,9,12-15H,5,8,10-11H2,1-4H3,(H,28,32). The average molecular weight is 473 g/mol. The fraction of sp³-hybridized carbons (Fsp3) is 0.296. The van der Waals surface area contributed by atoms with Gasteiger partial charge in [0.15, 0.2) is 11.5 Å². The Hall–Kier alpha value is -4.07. The average Bonchev–Trinajstić information content (AvgIpc) is 3.31. The van der Waals surface area contributed by atoms with Gasteiger partial charge >= 0.3 is 0 Å². The number of rotatable bonds is 5. The van der Waals surface area contributed by atoms with E-state index in [-0.39, 0.29) is 16.9 Å². The highest BCUT2D eigenvalue weighted by molar-refractivity contribution is 6.05. The molecule has 8 nitrogen and oxygen atoms in total. The molecule has 1 aliphatic carbocycles. The van der Waals surface area contributed by atoms with E-state index in [2.05, 4.69) is 10.5 Å². The normalized spacial score (nSPS) is 12.6. The molecule has 0 unspecified atom stereocenters. The van der Waals surface area contributed by atoms with E-state index in [1.165, 1.54) is 0 Å². The van der Waals surface area contributed by atoms with Crippen molar-refractivity contribution in [1.29, 1.82) is 0 Å². The molecule has 35 heavy (non-hydrogen) atoms. The van der Waals surface area contributed by atoms with Crippen LogP contribution < -0.4 is 15.6 Å². The lowest BCUT2D eigenvalue weighted by molar-refractivity contribution is 0.101. The van der Waals surface area contributed by atoms with E-state index in [1.54, 1.807) is 16.5 Å². The molecular weight excluding hydrogens is 444 g/mol. The van der Waals surface area contributed by atoms with E-state index < -0.39 is 5.91 Å². The lowest BCUT2D eigenvalue weighted by atomic mass is 10.0. The molecule has 2 aromatic carbocycles. The van der Waals surface area contributed by atoms with Crippen LogP contribution in [0.15, 0.2) is 51.8 Å². The first-order valence-electron chi connectivity index (χ1n) is 11.8. The third-order valence-electron chi connectivity index (χ3n) is 6.83. The van der Waals surface area contributed by atoms with Crippen LogP contribution in [0, 0.1) is 6.92 Å². The van der Waals surface area contributed by atoms with Crippen molar-refractivity contribution in [3.05, 3.63) is 80.9 Å². The van der Waals surface area contributed by atoms with Gasteiger partial charge in [0.25, 0.3) is 11.5 Å². The molecule has 4 aromatic rings. The zero-order chi connectivity index (χ0) is 24.7. The number of nitrogens with one attached hydrogen (secondary N) is 1. The van der Waals surface area contributed by atoms with Crippen molar-refractivity contribution in [2.45, 2.75) is 39.5 Å². The van der Waals surface area contributed by atoms with Gasteiger partial charge in [0.2, 0.25) is 0 Å². The summed E-state index contributed by atoms with van der Waals surface area (Å²) in [7, 11) is 3.45. The minimum atomic E-state index is -0.450. The van der Waals surface area contributed by atoms with E-state index in [0.717, 1.165) is 53.0 Å². The van der Waals surface area contributed by atoms with Gasteiger partial charge in [-0.3, -0.25) is 14.3 Å². The highest BCUT2D eigenvalue weighted by Gasteiger charge is 2.28. The minimum Gasteiger partial charge on any atom is -0.497 e. The van der Waals surface area contributed by atoms with Crippen LogP contribution in [0.25, 0.3) is 17.0 Å². The van der Waals surface area contributed by atoms with Crippen molar-refractivity contribution in [2.75, 3.05) is 12.4 Å². The molecule has 1 N–H and O–H groups in total. The topological polar surface area (TPSA) is 91.3 Å². The molecular formula is C27H28N4O4. The van der Waals surface area contributed by atoms with Crippen molar-refractivity contribution in [3.8, 4) is 22.8 Å².